The van der Waals surface area contributed by atoms with Crippen LogP contribution in [0, 0.1) is 13.8 Å². The fourth-order valence-electron chi connectivity index (χ4n) is 4.96. The molecule has 2 N–H and O–H groups in total. The minimum atomic E-state index is -0.942. The number of benzene rings is 1. The molecule has 1 aromatic carbocycles. The molecule has 1 heterocycles. The Morgan fingerprint density at radius 3 is 2.11 bits per heavy atom. The Morgan fingerprint density at radius 1 is 0.917 bits per heavy atom. The van der Waals surface area contributed by atoms with Crippen LogP contribution >= 0.6 is 0 Å². The first-order valence-corrected chi connectivity index (χ1v) is 13.4. The number of carbonyl (C=O) groups excluding carboxylic acids is 1. The summed E-state index contributed by atoms with van der Waals surface area (Å²) < 4.78 is 1.91. The summed E-state index contributed by atoms with van der Waals surface area (Å²) in [4.78, 5) is 36.2. The fourth-order valence-corrected chi connectivity index (χ4v) is 4.96. The molecule has 6 heteroatoms. The number of aromatic nitrogens is 1. The van der Waals surface area contributed by atoms with E-state index >= 15 is 0 Å². The van der Waals surface area contributed by atoms with E-state index < -0.39 is 17.9 Å². The molecule has 36 heavy (non-hydrogen) atoms. The molecule has 1 aromatic heterocycles. The van der Waals surface area contributed by atoms with Crippen molar-refractivity contribution in [1.29, 1.82) is 0 Å². The van der Waals surface area contributed by atoms with Crippen molar-refractivity contribution in [1.82, 2.24) is 4.57 Å². The average molecular weight is 498 g/mol. The van der Waals surface area contributed by atoms with E-state index in [1.54, 1.807) is 13.0 Å². The molecule has 0 fully saturated rings. The zero-order valence-electron chi connectivity index (χ0n) is 22.4. The molecule has 2 rings (SSSR count). The summed E-state index contributed by atoms with van der Waals surface area (Å²) in [5.74, 6) is -2.39. The van der Waals surface area contributed by atoms with Gasteiger partial charge in [-0.1, -0.05) is 82.6 Å². The van der Waals surface area contributed by atoms with Gasteiger partial charge in [-0.05, 0) is 43.9 Å². The van der Waals surface area contributed by atoms with E-state index in [-0.39, 0.29) is 12.2 Å². The summed E-state index contributed by atoms with van der Waals surface area (Å²) in [7, 11) is 0. The standard InChI is InChI=1S/C30H43NO5/c1-5-6-7-8-9-10-11-12-13-17-27(32)29-22(3)26(19-28(33)34)31(23(29)4)20-24-15-14-16-25(18-24)21(2)30(35)36/h14-16,18,21H,5-13,17,19-20H2,1-4H3,(H,33,34)(H,35,36). The number of hydrogen-bond donors (Lipinski definition) is 2. The molecule has 0 aliphatic heterocycles. The van der Waals surface area contributed by atoms with Crippen LogP contribution < -0.4 is 0 Å². The van der Waals surface area contributed by atoms with Crippen LogP contribution in [-0.2, 0) is 22.6 Å². The summed E-state index contributed by atoms with van der Waals surface area (Å²) >= 11 is 0. The molecule has 2 aromatic rings. The van der Waals surface area contributed by atoms with Gasteiger partial charge in [-0.25, -0.2) is 0 Å². The van der Waals surface area contributed by atoms with Gasteiger partial charge in [0.25, 0.3) is 0 Å². The van der Waals surface area contributed by atoms with Gasteiger partial charge >= 0.3 is 11.9 Å². The second kappa shape index (κ2) is 14.6. The molecule has 0 saturated heterocycles. The second-order valence-corrected chi connectivity index (χ2v) is 10.00. The van der Waals surface area contributed by atoms with E-state index in [2.05, 4.69) is 6.92 Å². The monoisotopic (exact) mass is 497 g/mol. The molecule has 0 saturated carbocycles. The highest BCUT2D eigenvalue weighted by molar-refractivity contribution is 5.99. The molecule has 1 unspecified atom stereocenters. The zero-order valence-corrected chi connectivity index (χ0v) is 22.4. The Kier molecular flexibility index (Phi) is 11.9. The van der Waals surface area contributed by atoms with Gasteiger partial charge in [-0.3, -0.25) is 14.4 Å². The number of aliphatic carboxylic acids is 2. The lowest BCUT2D eigenvalue weighted by atomic mass is 9.99. The highest BCUT2D eigenvalue weighted by atomic mass is 16.4. The lowest BCUT2D eigenvalue weighted by molar-refractivity contribution is -0.138. The van der Waals surface area contributed by atoms with Gasteiger partial charge < -0.3 is 14.8 Å². The van der Waals surface area contributed by atoms with Crippen LogP contribution in [0.4, 0.5) is 0 Å². The largest absolute Gasteiger partial charge is 0.481 e. The van der Waals surface area contributed by atoms with Gasteiger partial charge in [0, 0.05) is 29.9 Å². The predicted molar refractivity (Wildman–Crippen MR) is 143 cm³/mol. The smallest absolute Gasteiger partial charge is 0.310 e. The van der Waals surface area contributed by atoms with Gasteiger partial charge in [-0.15, -0.1) is 0 Å². The highest BCUT2D eigenvalue weighted by Crippen LogP contribution is 2.27. The maximum absolute atomic E-state index is 13.2. The third kappa shape index (κ3) is 8.35. The number of carbonyl (C=O) groups is 3. The Balaban J connectivity index is 2.12. The molecule has 1 atom stereocenters. The third-order valence-electron chi connectivity index (χ3n) is 7.17. The van der Waals surface area contributed by atoms with Crippen LogP contribution in [0.5, 0.6) is 0 Å². The Morgan fingerprint density at radius 2 is 1.53 bits per heavy atom. The number of ketones is 1. The van der Waals surface area contributed by atoms with Crippen LogP contribution in [0.1, 0.15) is 122 Å². The fraction of sp³-hybridized carbons (Fsp3) is 0.567. The first kappa shape index (κ1) is 29.3. The number of rotatable bonds is 17. The van der Waals surface area contributed by atoms with Crippen molar-refractivity contribution in [2.24, 2.45) is 0 Å². The van der Waals surface area contributed by atoms with Crippen LogP contribution in [0.15, 0.2) is 24.3 Å². The van der Waals surface area contributed by atoms with E-state index in [4.69, 9.17) is 0 Å². The molecule has 0 spiro atoms. The number of carboxylic acids is 2. The summed E-state index contributed by atoms with van der Waals surface area (Å²) in [5.41, 5.74) is 4.37. The Hall–Kier alpha value is -2.89. The van der Waals surface area contributed by atoms with Gasteiger partial charge in [0.2, 0.25) is 0 Å². The number of Topliss-reactive ketones (excluding diaryl/α,β-unsaturated/α-hetero) is 1. The molecule has 6 nitrogen and oxygen atoms in total. The van der Waals surface area contributed by atoms with Gasteiger partial charge in [0.05, 0.1) is 12.3 Å². The van der Waals surface area contributed by atoms with Gasteiger partial charge in [0.15, 0.2) is 5.78 Å². The normalized spacial score (nSPS) is 12.0. The minimum Gasteiger partial charge on any atom is -0.481 e. The average Bonchev–Trinajstić information content (AvgIpc) is 3.06. The summed E-state index contributed by atoms with van der Waals surface area (Å²) in [5, 5.41) is 18.9. The van der Waals surface area contributed by atoms with E-state index in [1.165, 1.54) is 38.5 Å². The quantitative estimate of drug-likeness (QED) is 0.180. The maximum atomic E-state index is 13.2. The van der Waals surface area contributed by atoms with Crippen LogP contribution in [0.2, 0.25) is 0 Å². The molecular formula is C30H43NO5. The second-order valence-electron chi connectivity index (χ2n) is 10.00. The first-order valence-electron chi connectivity index (χ1n) is 13.4. The lowest BCUT2D eigenvalue weighted by Gasteiger charge is -2.14. The van der Waals surface area contributed by atoms with Crippen molar-refractivity contribution < 1.29 is 24.6 Å². The molecule has 0 amide bonds. The van der Waals surface area contributed by atoms with Crippen molar-refractivity contribution in [3.63, 3.8) is 0 Å². The number of nitrogens with zero attached hydrogens (tertiary/aromatic N) is 1. The van der Waals surface area contributed by atoms with Gasteiger partial charge in [0.1, 0.15) is 0 Å². The zero-order chi connectivity index (χ0) is 26.7. The van der Waals surface area contributed by atoms with Crippen molar-refractivity contribution in [3.05, 3.63) is 57.9 Å². The van der Waals surface area contributed by atoms with E-state index in [1.807, 2.05) is 36.6 Å². The summed E-state index contributed by atoms with van der Waals surface area (Å²) in [6.07, 6.45) is 11.0. The van der Waals surface area contributed by atoms with Crippen LogP contribution in [0.25, 0.3) is 0 Å². The third-order valence-corrected chi connectivity index (χ3v) is 7.17. The number of hydrogen-bond acceptors (Lipinski definition) is 3. The van der Waals surface area contributed by atoms with E-state index in [0.717, 1.165) is 36.1 Å². The lowest BCUT2D eigenvalue weighted by Crippen LogP contribution is -2.12. The van der Waals surface area contributed by atoms with Gasteiger partial charge in [-0.2, -0.15) is 0 Å². The summed E-state index contributed by atoms with van der Waals surface area (Å²) in [6, 6.07) is 7.36. The van der Waals surface area contributed by atoms with Crippen molar-refractivity contribution in [3.8, 4) is 0 Å². The highest BCUT2D eigenvalue weighted by Gasteiger charge is 2.24. The van der Waals surface area contributed by atoms with Crippen LogP contribution in [0.3, 0.4) is 0 Å². The molecular weight excluding hydrogens is 454 g/mol. The minimum absolute atomic E-state index is 0.0755. The summed E-state index contributed by atoms with van der Waals surface area (Å²) in [6.45, 7) is 7.98. The molecule has 0 aliphatic rings. The molecule has 198 valence electrons. The maximum Gasteiger partial charge on any atom is 0.310 e. The molecule has 0 radical (unpaired) electrons. The van der Waals surface area contributed by atoms with Crippen molar-refractivity contribution >= 4 is 17.7 Å². The first-order chi connectivity index (χ1) is 17.2. The SMILES string of the molecule is CCCCCCCCCCCC(=O)c1c(C)c(CC(=O)O)n(Cc2cccc(C(C)C(=O)O)c2)c1C. The van der Waals surface area contributed by atoms with E-state index in [0.29, 0.717) is 29.8 Å². The predicted octanol–water partition coefficient (Wildman–Crippen LogP) is 7.07. The Labute approximate surface area is 215 Å². The van der Waals surface area contributed by atoms with Crippen molar-refractivity contribution in [2.45, 2.75) is 111 Å². The number of unbranched alkanes of at least 4 members (excludes halogenated alkanes) is 8. The van der Waals surface area contributed by atoms with Crippen molar-refractivity contribution in [2.75, 3.05) is 0 Å². The van der Waals surface area contributed by atoms with Crippen LogP contribution in [-0.4, -0.2) is 32.5 Å². The number of carboxylic acid groups (broad SMARTS) is 2. The molecule has 0 bridgehead atoms. The molecule has 0 aliphatic carbocycles. The van der Waals surface area contributed by atoms with E-state index in [9.17, 15) is 24.6 Å². The topological polar surface area (TPSA) is 96.6 Å². The Bertz CT molecular complexity index is 1040.